The summed E-state index contributed by atoms with van der Waals surface area (Å²) in [6, 6.07) is 13.8. The summed E-state index contributed by atoms with van der Waals surface area (Å²) >= 11 is 0. The van der Waals surface area contributed by atoms with Gasteiger partial charge in [-0.1, -0.05) is 18.2 Å². The first-order chi connectivity index (χ1) is 12.2. The van der Waals surface area contributed by atoms with Crippen molar-refractivity contribution in [2.24, 2.45) is 0 Å². The fourth-order valence-electron chi connectivity index (χ4n) is 3.42. The summed E-state index contributed by atoms with van der Waals surface area (Å²) in [4.78, 5) is 19.4. The first-order valence-corrected chi connectivity index (χ1v) is 8.64. The molecule has 0 saturated heterocycles. The Morgan fingerprint density at radius 2 is 2.12 bits per heavy atom. The third-order valence-electron chi connectivity index (χ3n) is 4.63. The second kappa shape index (κ2) is 6.69. The summed E-state index contributed by atoms with van der Waals surface area (Å²) in [6.07, 6.45) is 3.72. The van der Waals surface area contributed by atoms with Crippen molar-refractivity contribution in [2.45, 2.75) is 26.1 Å². The molecule has 5 nitrogen and oxygen atoms in total. The normalized spacial score (nSPS) is 17.3. The molecule has 0 aliphatic carbocycles. The quantitative estimate of drug-likeness (QED) is 0.739. The van der Waals surface area contributed by atoms with Crippen LogP contribution in [0.5, 0.6) is 0 Å². The number of hydrogen-bond donors (Lipinski definition) is 0. The van der Waals surface area contributed by atoms with E-state index in [4.69, 9.17) is 4.74 Å². The first-order valence-electron chi connectivity index (χ1n) is 8.64. The number of rotatable bonds is 3. The van der Waals surface area contributed by atoms with Crippen molar-refractivity contribution in [1.29, 1.82) is 0 Å². The molecule has 1 atom stereocenters. The van der Waals surface area contributed by atoms with Gasteiger partial charge in [0.25, 0.3) is 5.91 Å². The SMILES string of the molecule is CCOC1CN(C(=O)c2cnc3ccccc3c2)Cc2cccn2C1. The Balaban J connectivity index is 1.65. The molecule has 1 aromatic carbocycles. The van der Waals surface area contributed by atoms with Crippen molar-refractivity contribution in [3.8, 4) is 0 Å². The van der Waals surface area contributed by atoms with Crippen LogP contribution in [-0.2, 0) is 17.8 Å². The molecule has 1 unspecified atom stereocenters. The second-order valence-electron chi connectivity index (χ2n) is 6.33. The molecule has 5 heteroatoms. The van der Waals surface area contributed by atoms with Crippen LogP contribution >= 0.6 is 0 Å². The summed E-state index contributed by atoms with van der Waals surface area (Å²) in [7, 11) is 0. The van der Waals surface area contributed by atoms with Crippen LogP contribution in [0, 0.1) is 0 Å². The van der Waals surface area contributed by atoms with Gasteiger partial charge in [0.15, 0.2) is 0 Å². The van der Waals surface area contributed by atoms with Crippen LogP contribution in [0.25, 0.3) is 10.9 Å². The molecular weight excluding hydrogens is 314 g/mol. The number of amides is 1. The molecule has 0 fully saturated rings. The number of hydrogen-bond acceptors (Lipinski definition) is 3. The van der Waals surface area contributed by atoms with E-state index in [0.29, 0.717) is 25.3 Å². The Labute approximate surface area is 146 Å². The minimum absolute atomic E-state index is 0.00222. The summed E-state index contributed by atoms with van der Waals surface area (Å²) in [5.41, 5.74) is 2.65. The number of para-hydroxylation sites is 1. The average Bonchev–Trinajstić information content (AvgIpc) is 2.99. The van der Waals surface area contributed by atoms with Gasteiger partial charge in [0.2, 0.25) is 0 Å². The molecule has 128 valence electrons. The van der Waals surface area contributed by atoms with Gasteiger partial charge in [0, 0.05) is 36.6 Å². The third-order valence-corrected chi connectivity index (χ3v) is 4.63. The molecule has 0 spiro atoms. The zero-order chi connectivity index (χ0) is 17.2. The Morgan fingerprint density at radius 1 is 1.24 bits per heavy atom. The molecule has 1 aliphatic heterocycles. The van der Waals surface area contributed by atoms with Crippen LogP contribution in [0.1, 0.15) is 23.0 Å². The summed E-state index contributed by atoms with van der Waals surface area (Å²) in [5.74, 6) is -0.00222. The number of pyridine rings is 1. The second-order valence-corrected chi connectivity index (χ2v) is 6.33. The van der Waals surface area contributed by atoms with Gasteiger partial charge in [-0.25, -0.2) is 0 Å². The van der Waals surface area contributed by atoms with Crippen LogP contribution in [-0.4, -0.2) is 39.6 Å². The predicted molar refractivity (Wildman–Crippen MR) is 96.3 cm³/mol. The molecule has 1 aliphatic rings. The predicted octanol–water partition coefficient (Wildman–Crippen LogP) is 3.10. The fourth-order valence-corrected chi connectivity index (χ4v) is 3.42. The van der Waals surface area contributed by atoms with Crippen molar-refractivity contribution in [3.63, 3.8) is 0 Å². The number of fused-ring (bicyclic) bond motifs is 2. The van der Waals surface area contributed by atoms with E-state index < -0.39 is 0 Å². The number of ether oxygens (including phenoxy) is 1. The Kier molecular flexibility index (Phi) is 4.24. The highest BCUT2D eigenvalue weighted by Gasteiger charge is 2.26. The lowest BCUT2D eigenvalue weighted by Crippen LogP contribution is -2.37. The molecule has 0 saturated carbocycles. The summed E-state index contributed by atoms with van der Waals surface area (Å²) < 4.78 is 8.02. The van der Waals surface area contributed by atoms with E-state index in [0.717, 1.165) is 23.1 Å². The van der Waals surface area contributed by atoms with E-state index in [1.807, 2.05) is 54.4 Å². The smallest absolute Gasteiger partial charge is 0.255 e. The maximum Gasteiger partial charge on any atom is 0.255 e. The van der Waals surface area contributed by atoms with Crippen LogP contribution < -0.4 is 0 Å². The monoisotopic (exact) mass is 335 g/mol. The van der Waals surface area contributed by atoms with E-state index >= 15 is 0 Å². The van der Waals surface area contributed by atoms with Gasteiger partial charge in [0.05, 0.1) is 30.3 Å². The fraction of sp³-hybridized carbons (Fsp3) is 0.300. The highest BCUT2D eigenvalue weighted by molar-refractivity contribution is 5.97. The van der Waals surface area contributed by atoms with Gasteiger partial charge in [-0.3, -0.25) is 9.78 Å². The van der Waals surface area contributed by atoms with E-state index in [9.17, 15) is 4.79 Å². The van der Waals surface area contributed by atoms with Gasteiger partial charge in [-0.15, -0.1) is 0 Å². The molecule has 4 rings (SSSR count). The zero-order valence-electron chi connectivity index (χ0n) is 14.3. The minimum atomic E-state index is -0.00369. The van der Waals surface area contributed by atoms with Crippen LogP contribution in [0.15, 0.2) is 54.9 Å². The maximum absolute atomic E-state index is 13.1. The van der Waals surface area contributed by atoms with E-state index in [1.165, 1.54) is 0 Å². The van der Waals surface area contributed by atoms with Crippen molar-refractivity contribution in [3.05, 3.63) is 66.1 Å². The highest BCUT2D eigenvalue weighted by Crippen LogP contribution is 2.19. The maximum atomic E-state index is 13.1. The van der Waals surface area contributed by atoms with E-state index in [2.05, 4.69) is 15.6 Å². The van der Waals surface area contributed by atoms with Crippen molar-refractivity contribution in [2.75, 3.05) is 13.2 Å². The molecule has 3 aromatic rings. The zero-order valence-corrected chi connectivity index (χ0v) is 14.3. The van der Waals surface area contributed by atoms with E-state index in [-0.39, 0.29) is 12.0 Å². The van der Waals surface area contributed by atoms with Crippen LogP contribution in [0.4, 0.5) is 0 Å². The number of carbonyl (C=O) groups excluding carboxylic acids is 1. The number of nitrogens with zero attached hydrogens (tertiary/aromatic N) is 3. The van der Waals surface area contributed by atoms with Gasteiger partial charge in [-0.05, 0) is 31.2 Å². The molecular formula is C20H21N3O2. The van der Waals surface area contributed by atoms with Crippen LogP contribution in [0.3, 0.4) is 0 Å². The molecule has 0 N–H and O–H groups in total. The molecule has 3 heterocycles. The van der Waals surface area contributed by atoms with Gasteiger partial charge < -0.3 is 14.2 Å². The standard InChI is InChI=1S/C20H21N3O2/c1-2-25-18-13-22-9-5-7-17(22)12-23(14-18)20(24)16-10-15-6-3-4-8-19(15)21-11-16/h3-11,18H,2,12-14H2,1H3. The first kappa shape index (κ1) is 15.8. The van der Waals surface area contributed by atoms with Crippen molar-refractivity contribution in [1.82, 2.24) is 14.5 Å². The lowest BCUT2D eigenvalue weighted by atomic mass is 10.1. The van der Waals surface area contributed by atoms with Crippen molar-refractivity contribution >= 4 is 16.8 Å². The van der Waals surface area contributed by atoms with Gasteiger partial charge in [-0.2, -0.15) is 0 Å². The average molecular weight is 335 g/mol. The number of carbonyl (C=O) groups is 1. The third kappa shape index (κ3) is 3.15. The summed E-state index contributed by atoms with van der Waals surface area (Å²) in [6.45, 7) is 4.57. The lowest BCUT2D eigenvalue weighted by molar-refractivity contribution is 0.0258. The van der Waals surface area contributed by atoms with Gasteiger partial charge in [0.1, 0.15) is 0 Å². The number of aromatic nitrogens is 2. The number of benzene rings is 1. The molecule has 0 bridgehead atoms. The molecule has 0 radical (unpaired) electrons. The Bertz CT molecular complexity index is 903. The molecule has 25 heavy (non-hydrogen) atoms. The van der Waals surface area contributed by atoms with Crippen LogP contribution in [0.2, 0.25) is 0 Å². The topological polar surface area (TPSA) is 47.4 Å². The highest BCUT2D eigenvalue weighted by atomic mass is 16.5. The minimum Gasteiger partial charge on any atom is -0.375 e. The van der Waals surface area contributed by atoms with E-state index in [1.54, 1.807) is 6.20 Å². The molecule has 1 amide bonds. The van der Waals surface area contributed by atoms with Crippen molar-refractivity contribution < 1.29 is 9.53 Å². The molecule has 2 aromatic heterocycles. The summed E-state index contributed by atoms with van der Waals surface area (Å²) in [5, 5.41) is 0.980. The largest absolute Gasteiger partial charge is 0.375 e. The Morgan fingerprint density at radius 3 is 3.00 bits per heavy atom. The van der Waals surface area contributed by atoms with Gasteiger partial charge >= 0.3 is 0 Å². The lowest BCUT2D eigenvalue weighted by Gasteiger charge is -2.24. The Hall–Kier alpha value is -2.66.